The number of aromatic nitrogens is 1. The molecule has 0 spiro atoms. The van der Waals surface area contributed by atoms with Crippen LogP contribution in [0, 0.1) is 13.8 Å². The monoisotopic (exact) mass is 242 g/mol. The highest BCUT2D eigenvalue weighted by atomic mass is 15.0. The number of hydrogen-bond donors (Lipinski definition) is 1. The van der Waals surface area contributed by atoms with Gasteiger partial charge in [-0.1, -0.05) is 13.0 Å². The Bertz CT molecular complexity index is 491. The van der Waals surface area contributed by atoms with Crippen molar-refractivity contribution in [1.29, 1.82) is 0 Å². The van der Waals surface area contributed by atoms with Crippen LogP contribution in [0.25, 0.3) is 5.69 Å². The van der Waals surface area contributed by atoms with Crippen LogP contribution in [0.2, 0.25) is 0 Å². The van der Waals surface area contributed by atoms with Crippen molar-refractivity contribution in [3.8, 4) is 5.69 Å². The van der Waals surface area contributed by atoms with Gasteiger partial charge >= 0.3 is 0 Å². The lowest BCUT2D eigenvalue weighted by atomic mass is 10.1. The molecule has 0 saturated heterocycles. The summed E-state index contributed by atoms with van der Waals surface area (Å²) in [5.41, 5.74) is 5.19. The van der Waals surface area contributed by atoms with Crippen LogP contribution in [0.1, 0.15) is 30.2 Å². The molecular weight excluding hydrogens is 220 g/mol. The minimum atomic E-state index is 0.924. The first-order chi connectivity index (χ1) is 8.70. The molecular formula is C16H22N2. The molecule has 2 heteroatoms. The molecule has 2 aromatic rings. The third kappa shape index (κ3) is 3.02. The topological polar surface area (TPSA) is 17.0 Å². The van der Waals surface area contributed by atoms with E-state index < -0.39 is 0 Å². The molecule has 0 amide bonds. The zero-order valence-corrected chi connectivity index (χ0v) is 11.5. The Morgan fingerprint density at radius 1 is 1.11 bits per heavy atom. The molecule has 18 heavy (non-hydrogen) atoms. The third-order valence-corrected chi connectivity index (χ3v) is 3.05. The van der Waals surface area contributed by atoms with E-state index in [0.29, 0.717) is 0 Å². The molecule has 0 saturated carbocycles. The minimum Gasteiger partial charge on any atom is -0.320 e. The van der Waals surface area contributed by atoms with Gasteiger partial charge in [0, 0.05) is 24.1 Å². The fourth-order valence-electron chi connectivity index (χ4n) is 2.30. The van der Waals surface area contributed by atoms with Crippen molar-refractivity contribution in [2.45, 2.75) is 33.7 Å². The van der Waals surface area contributed by atoms with Gasteiger partial charge in [-0.15, -0.1) is 0 Å². The largest absolute Gasteiger partial charge is 0.320 e. The van der Waals surface area contributed by atoms with Crippen LogP contribution in [0.3, 0.4) is 0 Å². The standard InChI is InChI=1S/C16H22N2/c1-4-7-17-12-15-6-5-8-18(15)16-10-13(2)9-14(3)11-16/h5-6,8-11,17H,4,7,12H2,1-3H3. The lowest BCUT2D eigenvalue weighted by molar-refractivity contribution is 0.656. The molecule has 1 aromatic heterocycles. The van der Waals surface area contributed by atoms with Crippen LogP contribution >= 0.6 is 0 Å². The summed E-state index contributed by atoms with van der Waals surface area (Å²) in [7, 11) is 0. The molecule has 0 aliphatic heterocycles. The van der Waals surface area contributed by atoms with Crippen LogP contribution in [0.15, 0.2) is 36.5 Å². The van der Waals surface area contributed by atoms with E-state index in [9.17, 15) is 0 Å². The summed E-state index contributed by atoms with van der Waals surface area (Å²) >= 11 is 0. The van der Waals surface area contributed by atoms with E-state index in [4.69, 9.17) is 0 Å². The smallest absolute Gasteiger partial charge is 0.0458 e. The van der Waals surface area contributed by atoms with Crippen molar-refractivity contribution in [3.63, 3.8) is 0 Å². The average Bonchev–Trinajstić information content (AvgIpc) is 2.76. The minimum absolute atomic E-state index is 0.924. The Hall–Kier alpha value is -1.54. The lowest BCUT2D eigenvalue weighted by Gasteiger charge is -2.11. The van der Waals surface area contributed by atoms with Crippen LogP contribution in [0.5, 0.6) is 0 Å². The number of benzene rings is 1. The second kappa shape index (κ2) is 5.87. The summed E-state index contributed by atoms with van der Waals surface area (Å²) in [6.45, 7) is 8.48. The zero-order chi connectivity index (χ0) is 13.0. The van der Waals surface area contributed by atoms with Gasteiger partial charge in [-0.3, -0.25) is 0 Å². The van der Waals surface area contributed by atoms with Gasteiger partial charge < -0.3 is 9.88 Å². The van der Waals surface area contributed by atoms with Crippen molar-refractivity contribution in [3.05, 3.63) is 53.3 Å². The van der Waals surface area contributed by atoms with Crippen molar-refractivity contribution >= 4 is 0 Å². The molecule has 0 unspecified atom stereocenters. The fraction of sp³-hybridized carbons (Fsp3) is 0.375. The molecule has 0 fully saturated rings. The summed E-state index contributed by atoms with van der Waals surface area (Å²) in [6, 6.07) is 11.0. The molecule has 96 valence electrons. The van der Waals surface area contributed by atoms with E-state index in [-0.39, 0.29) is 0 Å². The summed E-state index contributed by atoms with van der Waals surface area (Å²) < 4.78 is 2.27. The second-order valence-electron chi connectivity index (χ2n) is 4.89. The molecule has 0 aliphatic rings. The van der Waals surface area contributed by atoms with Gasteiger partial charge in [0.25, 0.3) is 0 Å². The van der Waals surface area contributed by atoms with Gasteiger partial charge in [0.2, 0.25) is 0 Å². The summed E-state index contributed by atoms with van der Waals surface area (Å²) in [4.78, 5) is 0. The van der Waals surface area contributed by atoms with E-state index in [1.54, 1.807) is 0 Å². The lowest BCUT2D eigenvalue weighted by Crippen LogP contribution is -2.16. The first-order valence-corrected chi connectivity index (χ1v) is 6.66. The molecule has 1 N–H and O–H groups in total. The Kier molecular flexibility index (Phi) is 4.21. The van der Waals surface area contributed by atoms with Gasteiger partial charge in [0.05, 0.1) is 0 Å². The quantitative estimate of drug-likeness (QED) is 0.793. The Morgan fingerprint density at radius 2 is 1.83 bits per heavy atom. The number of rotatable bonds is 5. The molecule has 2 nitrogen and oxygen atoms in total. The van der Waals surface area contributed by atoms with E-state index in [1.165, 1.54) is 28.9 Å². The Morgan fingerprint density at radius 3 is 2.50 bits per heavy atom. The number of aryl methyl sites for hydroxylation is 2. The molecule has 0 atom stereocenters. The SMILES string of the molecule is CCCNCc1cccn1-c1cc(C)cc(C)c1. The van der Waals surface area contributed by atoms with Gasteiger partial charge in [0.15, 0.2) is 0 Å². The Labute approximate surface area is 110 Å². The predicted molar refractivity (Wildman–Crippen MR) is 77.2 cm³/mol. The fourth-order valence-corrected chi connectivity index (χ4v) is 2.30. The van der Waals surface area contributed by atoms with Crippen molar-refractivity contribution in [2.24, 2.45) is 0 Å². The van der Waals surface area contributed by atoms with Gasteiger partial charge in [-0.2, -0.15) is 0 Å². The average molecular weight is 242 g/mol. The van der Waals surface area contributed by atoms with E-state index in [1.807, 2.05) is 0 Å². The molecule has 0 radical (unpaired) electrons. The molecule has 0 aliphatic carbocycles. The van der Waals surface area contributed by atoms with Crippen LogP contribution in [0.4, 0.5) is 0 Å². The zero-order valence-electron chi connectivity index (χ0n) is 11.5. The first kappa shape index (κ1) is 12.9. The molecule has 1 aromatic carbocycles. The van der Waals surface area contributed by atoms with Gasteiger partial charge in [-0.25, -0.2) is 0 Å². The van der Waals surface area contributed by atoms with E-state index >= 15 is 0 Å². The maximum atomic E-state index is 3.46. The summed E-state index contributed by atoms with van der Waals surface area (Å²) in [5, 5.41) is 3.46. The highest BCUT2D eigenvalue weighted by Gasteiger charge is 2.03. The van der Waals surface area contributed by atoms with Crippen molar-refractivity contribution < 1.29 is 0 Å². The normalized spacial score (nSPS) is 10.8. The summed E-state index contributed by atoms with van der Waals surface area (Å²) in [5.74, 6) is 0. The number of nitrogens with one attached hydrogen (secondary N) is 1. The molecule has 0 bridgehead atoms. The van der Waals surface area contributed by atoms with Gasteiger partial charge in [0.1, 0.15) is 0 Å². The van der Waals surface area contributed by atoms with Crippen molar-refractivity contribution in [1.82, 2.24) is 9.88 Å². The van der Waals surface area contributed by atoms with E-state index in [2.05, 4.69) is 67.2 Å². The predicted octanol–water partition coefficient (Wildman–Crippen LogP) is 3.59. The third-order valence-electron chi connectivity index (χ3n) is 3.05. The van der Waals surface area contributed by atoms with Crippen molar-refractivity contribution in [2.75, 3.05) is 6.54 Å². The number of nitrogens with zero attached hydrogens (tertiary/aromatic N) is 1. The highest BCUT2D eigenvalue weighted by molar-refractivity contribution is 5.41. The maximum Gasteiger partial charge on any atom is 0.0458 e. The van der Waals surface area contributed by atoms with Gasteiger partial charge in [-0.05, 0) is 62.2 Å². The Balaban J connectivity index is 2.24. The second-order valence-corrected chi connectivity index (χ2v) is 4.89. The van der Waals surface area contributed by atoms with Crippen LogP contribution in [-0.4, -0.2) is 11.1 Å². The molecule has 2 rings (SSSR count). The van der Waals surface area contributed by atoms with Crippen LogP contribution in [-0.2, 0) is 6.54 Å². The first-order valence-electron chi connectivity index (χ1n) is 6.66. The summed E-state index contributed by atoms with van der Waals surface area (Å²) in [6.07, 6.45) is 3.31. The van der Waals surface area contributed by atoms with E-state index in [0.717, 1.165) is 13.1 Å². The molecule has 1 heterocycles. The highest BCUT2D eigenvalue weighted by Crippen LogP contribution is 2.16. The number of hydrogen-bond acceptors (Lipinski definition) is 1. The maximum absolute atomic E-state index is 3.46. The van der Waals surface area contributed by atoms with Crippen LogP contribution < -0.4 is 5.32 Å².